The monoisotopic (exact) mass is 478 g/mol. The summed E-state index contributed by atoms with van der Waals surface area (Å²) in [4.78, 5) is 31.5. The minimum atomic E-state index is -0.0633. The second-order valence-corrected chi connectivity index (χ2v) is 9.21. The topological polar surface area (TPSA) is 65.1 Å². The van der Waals surface area contributed by atoms with Gasteiger partial charge in [0, 0.05) is 63.0 Å². The van der Waals surface area contributed by atoms with E-state index in [-0.39, 0.29) is 17.9 Å². The molecular formula is C28H38N4O3. The molecule has 7 heteroatoms. The molecule has 1 aliphatic rings. The number of carbonyl (C=O) groups excluding carboxylic acids is 2. The molecule has 0 aliphatic carbocycles. The van der Waals surface area contributed by atoms with Crippen molar-refractivity contribution in [2.24, 2.45) is 5.92 Å². The number of carbonyl (C=O) groups is 2. The van der Waals surface area contributed by atoms with E-state index in [1.54, 1.807) is 7.11 Å². The van der Waals surface area contributed by atoms with Crippen LogP contribution >= 0.6 is 0 Å². The van der Waals surface area contributed by atoms with E-state index < -0.39 is 0 Å². The molecule has 1 fully saturated rings. The predicted octanol–water partition coefficient (Wildman–Crippen LogP) is 4.35. The largest absolute Gasteiger partial charge is 0.496 e. The zero-order valence-corrected chi connectivity index (χ0v) is 21.4. The quantitative estimate of drug-likeness (QED) is 0.582. The minimum absolute atomic E-state index is 0.0584. The van der Waals surface area contributed by atoms with Crippen LogP contribution in [0.3, 0.4) is 0 Å². The van der Waals surface area contributed by atoms with Gasteiger partial charge in [-0.25, -0.2) is 4.79 Å². The summed E-state index contributed by atoms with van der Waals surface area (Å²) >= 11 is 0. The van der Waals surface area contributed by atoms with E-state index in [0.717, 1.165) is 42.2 Å². The summed E-state index contributed by atoms with van der Waals surface area (Å²) in [7, 11) is 1.66. The maximum atomic E-state index is 12.8. The maximum absolute atomic E-state index is 12.8. The molecule has 35 heavy (non-hydrogen) atoms. The Hall–Kier alpha value is -3.32. The first-order valence-corrected chi connectivity index (χ1v) is 12.3. The van der Waals surface area contributed by atoms with Crippen molar-refractivity contribution in [2.45, 2.75) is 20.8 Å². The second-order valence-electron chi connectivity index (χ2n) is 9.21. The van der Waals surface area contributed by atoms with Crippen LogP contribution in [0.5, 0.6) is 5.75 Å². The van der Waals surface area contributed by atoms with Crippen LogP contribution in [0.1, 0.15) is 25.0 Å². The van der Waals surface area contributed by atoms with Gasteiger partial charge in [0.2, 0.25) is 5.91 Å². The number of nitrogens with zero attached hydrogens (tertiary/aromatic N) is 3. The molecule has 0 unspecified atom stereocenters. The molecular weight excluding hydrogens is 440 g/mol. The van der Waals surface area contributed by atoms with Crippen LogP contribution in [0.25, 0.3) is 6.08 Å². The fourth-order valence-electron chi connectivity index (χ4n) is 4.04. The van der Waals surface area contributed by atoms with E-state index in [1.165, 1.54) is 0 Å². The fraction of sp³-hybridized carbons (Fsp3) is 0.429. The molecule has 2 aromatic rings. The number of rotatable bonds is 9. The summed E-state index contributed by atoms with van der Waals surface area (Å²) in [6, 6.07) is 15.6. The number of nitrogens with one attached hydrogen (secondary N) is 1. The van der Waals surface area contributed by atoms with Gasteiger partial charge in [0.05, 0.1) is 7.11 Å². The number of para-hydroxylation sites is 1. The minimum Gasteiger partial charge on any atom is -0.496 e. The Kier molecular flexibility index (Phi) is 9.73. The smallest absolute Gasteiger partial charge is 0.321 e. The molecule has 0 radical (unpaired) electrons. The van der Waals surface area contributed by atoms with Crippen molar-refractivity contribution in [3.8, 4) is 5.75 Å². The third kappa shape index (κ3) is 7.86. The summed E-state index contributed by atoms with van der Waals surface area (Å²) in [5.74, 6) is 0.900. The predicted molar refractivity (Wildman–Crippen MR) is 142 cm³/mol. The summed E-state index contributed by atoms with van der Waals surface area (Å²) in [5, 5.41) is 2.98. The van der Waals surface area contributed by atoms with Gasteiger partial charge in [-0.3, -0.25) is 9.69 Å². The summed E-state index contributed by atoms with van der Waals surface area (Å²) < 4.78 is 5.41. The molecule has 188 valence electrons. The van der Waals surface area contributed by atoms with Gasteiger partial charge in [-0.15, -0.1) is 0 Å². The van der Waals surface area contributed by atoms with E-state index in [9.17, 15) is 9.59 Å². The first-order chi connectivity index (χ1) is 16.9. The average molecular weight is 479 g/mol. The maximum Gasteiger partial charge on any atom is 0.321 e. The Bertz CT molecular complexity index is 996. The second kappa shape index (κ2) is 13.0. The normalized spacial score (nSPS) is 14.4. The van der Waals surface area contributed by atoms with Gasteiger partial charge in [-0.2, -0.15) is 0 Å². The number of aryl methyl sites for hydroxylation is 1. The van der Waals surface area contributed by atoms with Crippen molar-refractivity contribution in [1.29, 1.82) is 0 Å². The highest BCUT2D eigenvalue weighted by molar-refractivity contribution is 5.89. The molecule has 1 N–H and O–H groups in total. The van der Waals surface area contributed by atoms with Gasteiger partial charge in [0.25, 0.3) is 0 Å². The first kappa shape index (κ1) is 26.3. The van der Waals surface area contributed by atoms with Gasteiger partial charge < -0.3 is 19.9 Å². The van der Waals surface area contributed by atoms with Crippen molar-refractivity contribution >= 4 is 23.7 Å². The van der Waals surface area contributed by atoms with Crippen LogP contribution in [0.4, 0.5) is 10.5 Å². The highest BCUT2D eigenvalue weighted by atomic mass is 16.5. The number of methoxy groups -OCH3 is 1. The van der Waals surface area contributed by atoms with Crippen molar-refractivity contribution < 1.29 is 14.3 Å². The fourth-order valence-corrected chi connectivity index (χ4v) is 4.04. The third-order valence-electron chi connectivity index (χ3n) is 6.22. The third-order valence-corrected chi connectivity index (χ3v) is 6.22. The number of amides is 3. The first-order valence-electron chi connectivity index (χ1n) is 12.3. The lowest BCUT2D eigenvalue weighted by molar-refractivity contribution is -0.134. The Labute approximate surface area is 209 Å². The van der Waals surface area contributed by atoms with Crippen molar-refractivity contribution in [2.75, 3.05) is 58.2 Å². The van der Waals surface area contributed by atoms with Crippen LogP contribution in [-0.4, -0.2) is 79.6 Å². The number of ether oxygens (including phenoxy) is 1. The lowest BCUT2D eigenvalue weighted by atomic mass is 10.1. The van der Waals surface area contributed by atoms with Crippen molar-refractivity contribution in [3.63, 3.8) is 0 Å². The van der Waals surface area contributed by atoms with Crippen molar-refractivity contribution in [3.05, 3.63) is 65.7 Å². The zero-order valence-electron chi connectivity index (χ0n) is 21.4. The number of hydrogen-bond acceptors (Lipinski definition) is 4. The van der Waals surface area contributed by atoms with E-state index in [4.69, 9.17) is 4.74 Å². The summed E-state index contributed by atoms with van der Waals surface area (Å²) in [6.45, 7) is 10.8. The Morgan fingerprint density at radius 1 is 1.06 bits per heavy atom. The number of urea groups is 1. The van der Waals surface area contributed by atoms with E-state index in [0.29, 0.717) is 26.2 Å². The molecule has 0 bridgehead atoms. The molecule has 0 aromatic heterocycles. The zero-order chi connectivity index (χ0) is 25.2. The highest BCUT2D eigenvalue weighted by Crippen LogP contribution is 2.19. The number of benzene rings is 2. The van der Waals surface area contributed by atoms with Gasteiger partial charge in [0.1, 0.15) is 5.75 Å². The van der Waals surface area contributed by atoms with Crippen molar-refractivity contribution in [1.82, 2.24) is 14.7 Å². The Morgan fingerprint density at radius 3 is 2.40 bits per heavy atom. The Morgan fingerprint density at radius 2 is 1.74 bits per heavy atom. The lowest BCUT2D eigenvalue weighted by Crippen LogP contribution is -2.51. The Balaban J connectivity index is 1.49. The average Bonchev–Trinajstić information content (AvgIpc) is 2.87. The number of hydrogen-bond donors (Lipinski definition) is 1. The standard InChI is InChI=1S/C28H38N4O3/c1-22(2)27(33)31(15-7-9-24-8-5-6-10-26(24)35-4)19-16-30-17-20-32(21-18-30)28(34)29-25-13-11-23(3)12-14-25/h5-14,22H,15-21H2,1-4H3,(H,29,34)/b9-7+. The molecule has 7 nitrogen and oxygen atoms in total. The highest BCUT2D eigenvalue weighted by Gasteiger charge is 2.23. The molecule has 1 aliphatic heterocycles. The van der Waals surface area contributed by atoms with E-state index in [1.807, 2.05) is 91.3 Å². The molecule has 0 saturated carbocycles. The lowest BCUT2D eigenvalue weighted by Gasteiger charge is -2.36. The van der Waals surface area contributed by atoms with Crippen LogP contribution in [0.15, 0.2) is 54.6 Å². The molecule has 2 aromatic carbocycles. The number of anilines is 1. The molecule has 1 saturated heterocycles. The van der Waals surface area contributed by atoms with Crippen LogP contribution < -0.4 is 10.1 Å². The van der Waals surface area contributed by atoms with Gasteiger partial charge in [0.15, 0.2) is 0 Å². The van der Waals surface area contributed by atoms with E-state index in [2.05, 4.69) is 10.2 Å². The van der Waals surface area contributed by atoms with Crippen LogP contribution in [-0.2, 0) is 4.79 Å². The molecule has 3 rings (SSSR count). The summed E-state index contributed by atoms with van der Waals surface area (Å²) in [5.41, 5.74) is 2.97. The van der Waals surface area contributed by atoms with Gasteiger partial charge in [-0.05, 0) is 25.1 Å². The van der Waals surface area contributed by atoms with E-state index >= 15 is 0 Å². The van der Waals surface area contributed by atoms with Gasteiger partial charge >= 0.3 is 6.03 Å². The molecule has 1 heterocycles. The summed E-state index contributed by atoms with van der Waals surface area (Å²) in [6.07, 6.45) is 4.02. The molecule has 0 atom stereocenters. The van der Waals surface area contributed by atoms with Crippen LogP contribution in [0.2, 0.25) is 0 Å². The SMILES string of the molecule is COc1ccccc1/C=C/CN(CCN1CCN(C(=O)Nc2ccc(C)cc2)CC1)C(=O)C(C)C. The number of piperazine rings is 1. The van der Waals surface area contributed by atoms with Crippen LogP contribution in [0, 0.1) is 12.8 Å². The molecule has 0 spiro atoms. The van der Waals surface area contributed by atoms with Gasteiger partial charge in [-0.1, -0.05) is 61.9 Å². The molecule has 3 amide bonds.